The van der Waals surface area contributed by atoms with Gasteiger partial charge in [-0.2, -0.15) is 0 Å². The maximum Gasteiger partial charge on any atom is 0.472 e. The van der Waals surface area contributed by atoms with Crippen LogP contribution in [-0.4, -0.2) is 96.7 Å². The van der Waals surface area contributed by atoms with Crippen LogP contribution in [0.1, 0.15) is 356 Å². The third-order valence-corrected chi connectivity index (χ3v) is 18.8. The molecule has 0 bridgehead atoms. The quantitative estimate of drug-likeness (QED) is 0.0222. The Hall–Kier alpha value is -1.94. The van der Waals surface area contributed by atoms with E-state index < -0.39 is 97.5 Å². The predicted octanol–water partition coefficient (Wildman–Crippen LogP) is 20.0. The summed E-state index contributed by atoms with van der Waals surface area (Å²) in [6, 6.07) is 0. The van der Waals surface area contributed by atoms with Gasteiger partial charge in [0.05, 0.1) is 26.4 Å². The molecule has 4 unspecified atom stereocenters. The summed E-state index contributed by atoms with van der Waals surface area (Å²) in [7, 11) is -9.89. The first-order chi connectivity index (χ1) is 42.9. The van der Waals surface area contributed by atoms with E-state index in [2.05, 4.69) is 41.5 Å². The molecule has 0 saturated heterocycles. The van der Waals surface area contributed by atoms with E-state index in [0.717, 1.165) is 115 Å². The van der Waals surface area contributed by atoms with Gasteiger partial charge in [-0.25, -0.2) is 9.13 Å². The van der Waals surface area contributed by atoms with Crippen LogP contribution in [-0.2, 0) is 65.4 Å². The van der Waals surface area contributed by atoms with E-state index in [1.807, 2.05) is 0 Å². The Morgan fingerprint density at radius 1 is 0.315 bits per heavy atom. The summed E-state index contributed by atoms with van der Waals surface area (Å²) >= 11 is 0. The highest BCUT2D eigenvalue weighted by Gasteiger charge is 2.30. The van der Waals surface area contributed by atoms with Gasteiger partial charge in [0, 0.05) is 25.7 Å². The van der Waals surface area contributed by atoms with E-state index in [1.54, 1.807) is 0 Å². The smallest absolute Gasteiger partial charge is 0.462 e. The van der Waals surface area contributed by atoms with Crippen LogP contribution in [0.3, 0.4) is 0 Å². The van der Waals surface area contributed by atoms with Gasteiger partial charge in [-0.3, -0.25) is 37.3 Å². The minimum atomic E-state index is -4.95. The first kappa shape index (κ1) is 87.1. The SMILES string of the molecule is CCCCCCCCCCCCC(=O)O[C@H](COC(=O)CCCCCCCCC)COP(=O)(O)OC[C@H](O)COP(=O)(O)OC[C@@H](COC(=O)CCCCCCCCCCCCC(C)CC)OC(=O)CCCCCCCCCCCCCCCCC(C)CC. The number of hydrogen-bond donors (Lipinski definition) is 3. The number of hydrogen-bond acceptors (Lipinski definition) is 15. The van der Waals surface area contributed by atoms with Crippen molar-refractivity contribution in [2.75, 3.05) is 39.6 Å². The Balaban J connectivity index is 5.20. The largest absolute Gasteiger partial charge is 0.472 e. The number of carbonyl (C=O) groups excluding carboxylic acids is 4. The third-order valence-electron chi connectivity index (χ3n) is 16.9. The molecule has 528 valence electrons. The van der Waals surface area contributed by atoms with Crippen molar-refractivity contribution in [1.29, 1.82) is 0 Å². The standard InChI is InChI=1S/C70H136O17P2/c1-7-11-13-15-17-18-29-36-42-48-54-69(74)86-65(58-80-67(72)52-46-40-32-16-14-12-8-2)60-84-88(76,77)82-56-64(71)57-83-89(78,79)85-61-66(59-81-68(73)53-47-41-35-30-26-25-28-34-39-45-51-63(6)10-4)87-70(75)55-49-43-37-31-24-22-20-19-21-23-27-33-38-44-50-62(5)9-3/h62-66,71H,7-61H2,1-6H3,(H,76,77)(H,78,79)/t62?,63?,64-,65+,66+/m0/s1. The lowest BCUT2D eigenvalue weighted by Gasteiger charge is -2.21. The maximum absolute atomic E-state index is 13.0. The van der Waals surface area contributed by atoms with E-state index in [4.69, 9.17) is 37.0 Å². The molecule has 0 aliphatic heterocycles. The molecule has 0 heterocycles. The zero-order valence-corrected chi connectivity index (χ0v) is 59.5. The highest BCUT2D eigenvalue weighted by atomic mass is 31.2. The van der Waals surface area contributed by atoms with Gasteiger partial charge in [0.15, 0.2) is 12.2 Å². The van der Waals surface area contributed by atoms with Gasteiger partial charge in [0.25, 0.3) is 0 Å². The molecule has 0 aliphatic rings. The lowest BCUT2D eigenvalue weighted by atomic mass is 9.99. The van der Waals surface area contributed by atoms with Crippen molar-refractivity contribution in [3.63, 3.8) is 0 Å². The molecule has 89 heavy (non-hydrogen) atoms. The number of phosphoric acid groups is 2. The summed E-state index contributed by atoms with van der Waals surface area (Å²) in [5.41, 5.74) is 0. The Morgan fingerprint density at radius 3 is 0.798 bits per heavy atom. The van der Waals surface area contributed by atoms with Crippen molar-refractivity contribution in [3.05, 3.63) is 0 Å². The topological polar surface area (TPSA) is 237 Å². The van der Waals surface area contributed by atoms with Gasteiger partial charge in [0.1, 0.15) is 19.3 Å². The number of unbranched alkanes of at least 4 members (excludes halogenated alkanes) is 37. The second-order valence-electron chi connectivity index (χ2n) is 25.8. The van der Waals surface area contributed by atoms with Gasteiger partial charge in [-0.1, -0.05) is 305 Å². The van der Waals surface area contributed by atoms with E-state index in [1.165, 1.54) is 161 Å². The minimum absolute atomic E-state index is 0.106. The van der Waals surface area contributed by atoms with Crippen molar-refractivity contribution in [2.24, 2.45) is 11.8 Å². The molecule has 0 fully saturated rings. The number of aliphatic hydroxyl groups excluding tert-OH is 1. The fourth-order valence-corrected chi connectivity index (χ4v) is 12.1. The molecule has 0 saturated carbocycles. The van der Waals surface area contributed by atoms with Gasteiger partial charge in [-0.15, -0.1) is 0 Å². The molecule has 0 aliphatic carbocycles. The van der Waals surface area contributed by atoms with Crippen LogP contribution in [0.15, 0.2) is 0 Å². The number of aliphatic hydroxyl groups is 1. The summed E-state index contributed by atoms with van der Waals surface area (Å²) in [4.78, 5) is 72.4. The molecular weight excluding hydrogens is 1170 g/mol. The Labute approximate surface area is 543 Å². The van der Waals surface area contributed by atoms with Gasteiger partial charge in [-0.05, 0) is 37.5 Å². The zero-order chi connectivity index (χ0) is 65.7. The van der Waals surface area contributed by atoms with Gasteiger partial charge < -0.3 is 33.8 Å². The Kier molecular flexibility index (Phi) is 60.8. The van der Waals surface area contributed by atoms with Crippen LogP contribution >= 0.6 is 15.6 Å². The van der Waals surface area contributed by atoms with Crippen LogP contribution in [0, 0.1) is 11.8 Å². The molecule has 0 aromatic rings. The van der Waals surface area contributed by atoms with Crippen molar-refractivity contribution in [3.8, 4) is 0 Å². The van der Waals surface area contributed by atoms with Crippen LogP contribution in [0.4, 0.5) is 0 Å². The normalized spacial score (nSPS) is 14.8. The van der Waals surface area contributed by atoms with Crippen LogP contribution in [0.25, 0.3) is 0 Å². The average molecular weight is 1310 g/mol. The molecule has 0 radical (unpaired) electrons. The van der Waals surface area contributed by atoms with E-state index >= 15 is 0 Å². The van der Waals surface area contributed by atoms with Gasteiger partial charge in [0.2, 0.25) is 0 Å². The van der Waals surface area contributed by atoms with Crippen LogP contribution in [0.5, 0.6) is 0 Å². The summed E-state index contributed by atoms with van der Waals surface area (Å²) in [5, 5.41) is 10.6. The van der Waals surface area contributed by atoms with E-state index in [0.29, 0.717) is 25.7 Å². The molecule has 17 nitrogen and oxygen atoms in total. The number of ether oxygens (including phenoxy) is 4. The minimum Gasteiger partial charge on any atom is -0.462 e. The van der Waals surface area contributed by atoms with Crippen LogP contribution in [0.2, 0.25) is 0 Å². The van der Waals surface area contributed by atoms with E-state index in [-0.39, 0.29) is 25.7 Å². The molecule has 3 N–H and O–H groups in total. The number of phosphoric ester groups is 2. The molecule has 0 amide bonds. The second-order valence-corrected chi connectivity index (χ2v) is 28.7. The summed E-state index contributed by atoms with van der Waals surface area (Å²) in [6.07, 6.45) is 47.1. The van der Waals surface area contributed by atoms with Crippen molar-refractivity contribution in [2.45, 2.75) is 374 Å². The lowest BCUT2D eigenvalue weighted by Crippen LogP contribution is -2.30. The monoisotopic (exact) mass is 1310 g/mol. The van der Waals surface area contributed by atoms with E-state index in [9.17, 15) is 43.2 Å². The van der Waals surface area contributed by atoms with Crippen molar-refractivity contribution >= 4 is 39.5 Å². The first-order valence-corrected chi connectivity index (χ1v) is 39.6. The van der Waals surface area contributed by atoms with Crippen molar-refractivity contribution in [1.82, 2.24) is 0 Å². The average Bonchev–Trinajstić information content (AvgIpc) is 3.60. The number of esters is 4. The fraction of sp³-hybridized carbons (Fsp3) is 0.943. The highest BCUT2D eigenvalue weighted by molar-refractivity contribution is 7.47. The van der Waals surface area contributed by atoms with Crippen LogP contribution < -0.4 is 0 Å². The lowest BCUT2D eigenvalue weighted by molar-refractivity contribution is -0.161. The molecule has 0 rings (SSSR count). The first-order valence-electron chi connectivity index (χ1n) is 36.6. The van der Waals surface area contributed by atoms with Gasteiger partial charge >= 0.3 is 39.5 Å². The predicted molar refractivity (Wildman–Crippen MR) is 358 cm³/mol. The molecule has 0 spiro atoms. The summed E-state index contributed by atoms with van der Waals surface area (Å²) in [5.74, 6) is -0.473. The molecule has 0 aromatic heterocycles. The molecule has 19 heteroatoms. The zero-order valence-electron chi connectivity index (χ0n) is 57.7. The number of rotatable bonds is 69. The molecular formula is C70H136O17P2. The maximum atomic E-state index is 13.0. The summed E-state index contributed by atoms with van der Waals surface area (Å²) in [6.45, 7) is 9.58. The Bertz CT molecular complexity index is 1740. The number of carbonyl (C=O) groups is 4. The highest BCUT2D eigenvalue weighted by Crippen LogP contribution is 2.45. The third kappa shape index (κ3) is 62.0. The second kappa shape index (κ2) is 62.2. The Morgan fingerprint density at radius 2 is 0.539 bits per heavy atom. The summed E-state index contributed by atoms with van der Waals surface area (Å²) < 4.78 is 68.2. The fourth-order valence-electron chi connectivity index (χ4n) is 10.5. The molecule has 7 atom stereocenters. The molecule has 0 aromatic carbocycles. The van der Waals surface area contributed by atoms with Crippen molar-refractivity contribution < 1.29 is 80.2 Å².